The van der Waals surface area contributed by atoms with Crippen molar-refractivity contribution in [3.8, 4) is 0 Å². The van der Waals surface area contributed by atoms with E-state index in [2.05, 4.69) is 5.14 Å². The second-order valence-electron chi connectivity index (χ2n) is 1.69. The summed E-state index contributed by atoms with van der Waals surface area (Å²) < 4.78 is 78.6. The van der Waals surface area contributed by atoms with E-state index in [0.717, 1.165) is 0 Å². The first-order valence-corrected chi connectivity index (χ1v) is 5.09. The number of halogens is 7. The van der Waals surface area contributed by atoms with E-state index in [1.54, 1.807) is 0 Å². The molecule has 0 aliphatic heterocycles. The Bertz CT molecular complexity index is 172. The molecule has 0 heterocycles. The maximum Gasteiger partial charge on any atom is 0.446 e. The first kappa shape index (κ1) is 14.5. The topological polar surface area (TPSA) is 26.0 Å². The minimum absolute atomic E-state index is 0.655. The Morgan fingerprint density at radius 2 is 1.00 bits per heavy atom. The van der Waals surface area contributed by atoms with E-state index >= 15 is 0 Å². The summed E-state index contributed by atoms with van der Waals surface area (Å²) in [5.41, 5.74) is -10.3. The molecule has 2 N–H and O–H groups in total. The van der Waals surface area contributed by atoms with Crippen molar-refractivity contribution in [1.29, 1.82) is 0 Å². The molecule has 0 amide bonds. The van der Waals surface area contributed by atoms with Crippen LogP contribution in [0.3, 0.4) is 0 Å². The molecule has 0 aliphatic carbocycles. The van der Waals surface area contributed by atoms with Gasteiger partial charge in [-0.05, 0) is 11.9 Å². The van der Waals surface area contributed by atoms with Crippen molar-refractivity contribution in [2.75, 3.05) is 0 Å². The molecule has 0 aromatic heterocycles. The fourth-order valence-corrected chi connectivity index (χ4v) is 2.58. The number of nitrogens with two attached hydrogens (primary N) is 1. The highest BCUT2D eigenvalue weighted by Gasteiger charge is 2.52. The number of rotatable bonds is 3. The van der Waals surface area contributed by atoms with Gasteiger partial charge in [0.05, 0.1) is 0 Å². The third-order valence-electron chi connectivity index (χ3n) is 0.616. The number of thioether (sulfide) groups is 2. The molecular weight excluding hydrogens is 279 g/mol. The summed E-state index contributed by atoms with van der Waals surface area (Å²) in [6.45, 7) is 0. The molecule has 0 atom stereocenters. The summed E-state index contributed by atoms with van der Waals surface area (Å²) in [5, 5.41) is 4.42. The summed E-state index contributed by atoms with van der Waals surface area (Å²) in [6.07, 6.45) is 0. The minimum atomic E-state index is -5.13. The largest absolute Gasteiger partial charge is 0.446 e. The van der Waals surface area contributed by atoms with Gasteiger partial charge in [-0.25, -0.2) is 4.39 Å². The van der Waals surface area contributed by atoms with Crippen molar-refractivity contribution in [3.63, 3.8) is 0 Å². The Kier molecular flexibility index (Phi) is 4.75. The van der Waals surface area contributed by atoms with Gasteiger partial charge in [-0.15, -0.1) is 0 Å². The smallest absolute Gasteiger partial charge is 0.274 e. The van der Waals surface area contributed by atoms with E-state index < -0.39 is 50.2 Å². The molecule has 0 aromatic rings. The van der Waals surface area contributed by atoms with Crippen LogP contribution in [0.4, 0.5) is 30.7 Å². The molecule has 0 spiro atoms. The van der Waals surface area contributed by atoms with Crippen molar-refractivity contribution in [3.05, 3.63) is 0 Å². The van der Waals surface area contributed by atoms with Crippen LogP contribution in [0.1, 0.15) is 0 Å². The Balaban J connectivity index is 4.49. The average Bonchev–Trinajstić information content (AvgIpc) is 1.78. The second kappa shape index (κ2) is 4.58. The third kappa shape index (κ3) is 6.90. The molecular formula is C3H2F7NS3. The lowest BCUT2D eigenvalue weighted by molar-refractivity contribution is -0.0363. The van der Waals surface area contributed by atoms with Crippen LogP contribution in [-0.2, 0) is 0 Å². The first-order valence-electron chi connectivity index (χ1n) is 2.58. The predicted octanol–water partition coefficient (Wildman–Crippen LogP) is 3.68. The van der Waals surface area contributed by atoms with Crippen LogP contribution in [0.25, 0.3) is 0 Å². The zero-order chi connectivity index (χ0) is 11.6. The molecule has 14 heavy (non-hydrogen) atoms. The van der Waals surface area contributed by atoms with Gasteiger partial charge in [0.25, 0.3) is 3.66 Å². The van der Waals surface area contributed by atoms with Crippen LogP contribution < -0.4 is 5.14 Å². The van der Waals surface area contributed by atoms with Crippen LogP contribution in [0.15, 0.2) is 0 Å². The molecule has 0 bridgehead atoms. The molecule has 86 valence electrons. The lowest BCUT2D eigenvalue weighted by Crippen LogP contribution is -2.22. The van der Waals surface area contributed by atoms with Gasteiger partial charge in [-0.2, -0.15) is 26.3 Å². The predicted molar refractivity (Wildman–Crippen MR) is 42.9 cm³/mol. The van der Waals surface area contributed by atoms with Crippen LogP contribution >= 0.6 is 35.5 Å². The molecule has 0 aliphatic rings. The van der Waals surface area contributed by atoms with E-state index in [4.69, 9.17) is 0 Å². The maximum atomic E-state index is 12.8. The van der Waals surface area contributed by atoms with Crippen LogP contribution in [0, 0.1) is 0 Å². The van der Waals surface area contributed by atoms with Crippen molar-refractivity contribution in [2.24, 2.45) is 5.14 Å². The lowest BCUT2D eigenvalue weighted by atomic mass is 11.5. The molecule has 0 fully saturated rings. The lowest BCUT2D eigenvalue weighted by Gasteiger charge is -2.22. The highest BCUT2D eigenvalue weighted by molar-refractivity contribution is 8.33. The van der Waals surface area contributed by atoms with Crippen molar-refractivity contribution in [1.82, 2.24) is 0 Å². The Hall–Kier alpha value is 0.520. The zero-order valence-corrected chi connectivity index (χ0v) is 8.40. The number of hydrogen-bond acceptors (Lipinski definition) is 4. The van der Waals surface area contributed by atoms with Gasteiger partial charge in [0, 0.05) is 23.5 Å². The molecule has 0 aromatic carbocycles. The first-order chi connectivity index (χ1) is 5.97. The van der Waals surface area contributed by atoms with E-state index in [1.807, 2.05) is 0 Å². The number of alkyl halides is 7. The highest BCUT2D eigenvalue weighted by Crippen LogP contribution is 2.57. The summed E-state index contributed by atoms with van der Waals surface area (Å²) in [7, 11) is 0. The fourth-order valence-electron chi connectivity index (χ4n) is 0.345. The Labute approximate surface area is 86.5 Å². The van der Waals surface area contributed by atoms with Crippen LogP contribution in [0.2, 0.25) is 0 Å². The Morgan fingerprint density at radius 3 is 1.14 bits per heavy atom. The summed E-state index contributed by atoms with van der Waals surface area (Å²) >= 11 is -3.56. The molecule has 0 radical (unpaired) electrons. The quantitative estimate of drug-likeness (QED) is 0.485. The van der Waals surface area contributed by atoms with E-state index in [0.29, 0.717) is 0 Å². The molecule has 0 saturated heterocycles. The fraction of sp³-hybridized carbons (Fsp3) is 1.00. The highest BCUT2D eigenvalue weighted by atomic mass is 32.3. The van der Waals surface area contributed by atoms with Gasteiger partial charge < -0.3 is 0 Å². The summed E-state index contributed by atoms with van der Waals surface area (Å²) in [6, 6.07) is 0. The number of hydrogen-bond donors (Lipinski definition) is 1. The monoisotopic (exact) mass is 281 g/mol. The molecule has 1 nitrogen and oxygen atoms in total. The van der Waals surface area contributed by atoms with Crippen LogP contribution in [-0.4, -0.2) is 14.7 Å². The van der Waals surface area contributed by atoms with Gasteiger partial charge in [0.2, 0.25) is 0 Å². The normalized spacial score (nSPS) is 14.6. The van der Waals surface area contributed by atoms with Gasteiger partial charge in [-0.1, -0.05) is 0 Å². The minimum Gasteiger partial charge on any atom is -0.274 e. The van der Waals surface area contributed by atoms with Crippen molar-refractivity contribution < 1.29 is 30.7 Å². The van der Waals surface area contributed by atoms with E-state index in [-0.39, 0.29) is 0 Å². The SMILES string of the molecule is NSC(F)(SC(F)(F)F)SC(F)(F)F. The second-order valence-corrected chi connectivity index (χ2v) is 5.73. The van der Waals surface area contributed by atoms with E-state index in [1.165, 1.54) is 0 Å². The van der Waals surface area contributed by atoms with Gasteiger partial charge in [0.1, 0.15) is 0 Å². The van der Waals surface area contributed by atoms with Crippen molar-refractivity contribution >= 4 is 35.5 Å². The standard InChI is InChI=1S/C3H2F7NS3/c4-1(5,6)12-3(10,14-11)13-2(7,8)9/h11H2. The van der Waals surface area contributed by atoms with Gasteiger partial charge >= 0.3 is 11.0 Å². The third-order valence-corrected chi connectivity index (χ3v) is 3.43. The Morgan fingerprint density at radius 1 is 0.714 bits per heavy atom. The molecule has 0 saturated carbocycles. The van der Waals surface area contributed by atoms with Gasteiger partial charge in [0.15, 0.2) is 0 Å². The molecule has 0 rings (SSSR count). The van der Waals surface area contributed by atoms with Crippen LogP contribution in [0.5, 0.6) is 0 Å². The van der Waals surface area contributed by atoms with Gasteiger partial charge in [-0.3, -0.25) is 5.14 Å². The van der Waals surface area contributed by atoms with E-state index in [9.17, 15) is 30.7 Å². The summed E-state index contributed by atoms with van der Waals surface area (Å²) in [5.74, 6) is 0. The average molecular weight is 281 g/mol. The summed E-state index contributed by atoms with van der Waals surface area (Å²) in [4.78, 5) is 0. The maximum absolute atomic E-state index is 12.8. The molecule has 0 unspecified atom stereocenters. The van der Waals surface area contributed by atoms with Crippen molar-refractivity contribution in [2.45, 2.75) is 14.7 Å². The zero-order valence-electron chi connectivity index (χ0n) is 5.95. The molecule has 11 heteroatoms.